The maximum atomic E-state index is 14.9. The summed E-state index contributed by atoms with van der Waals surface area (Å²) in [6, 6.07) is 14.8. The number of aromatic nitrogens is 1. The van der Waals surface area contributed by atoms with Crippen LogP contribution in [0.15, 0.2) is 66.9 Å². The van der Waals surface area contributed by atoms with Crippen LogP contribution >= 0.6 is 0 Å². The molecule has 0 bridgehead atoms. The van der Waals surface area contributed by atoms with Gasteiger partial charge in [0.25, 0.3) is 0 Å². The molecule has 0 atom stereocenters. The van der Waals surface area contributed by atoms with Crippen molar-refractivity contribution in [3.05, 3.63) is 95.2 Å². The first kappa shape index (κ1) is 23.6. The molecule has 36 heavy (non-hydrogen) atoms. The summed E-state index contributed by atoms with van der Waals surface area (Å²) in [6.07, 6.45) is 2.45. The molecular formula is C29H23F2NO4. The summed E-state index contributed by atoms with van der Waals surface area (Å²) in [6.45, 7) is 1.75. The highest BCUT2D eigenvalue weighted by Gasteiger charge is 2.54. The predicted octanol–water partition coefficient (Wildman–Crippen LogP) is 6.02. The minimum absolute atomic E-state index is 0.0158. The van der Waals surface area contributed by atoms with E-state index in [1.807, 2.05) is 0 Å². The second-order valence-electron chi connectivity index (χ2n) is 9.24. The molecule has 1 aliphatic carbocycles. The molecular weight excluding hydrogens is 464 g/mol. The van der Waals surface area contributed by atoms with Gasteiger partial charge in [-0.1, -0.05) is 18.2 Å². The number of pyridine rings is 1. The fourth-order valence-corrected chi connectivity index (χ4v) is 4.36. The fraction of sp³-hybridized carbons (Fsp3) is 0.207. The zero-order valence-corrected chi connectivity index (χ0v) is 19.6. The molecule has 1 fully saturated rings. The Morgan fingerprint density at radius 2 is 1.58 bits per heavy atom. The Labute approximate surface area is 206 Å². The minimum atomic E-state index is -1.04. The monoisotopic (exact) mass is 487 g/mol. The van der Waals surface area contributed by atoms with Crippen LogP contribution in [0.1, 0.15) is 29.5 Å². The number of aryl methyl sites for hydroxylation is 1. The SMILES string of the molecule is Cc1cc2c(Oc3ccc(CC(=O)C4(C(=O)Cc5ccc(F)cc5)CC4)cc3F)ccnc2cc1O. The van der Waals surface area contributed by atoms with E-state index >= 15 is 0 Å². The van der Waals surface area contributed by atoms with Crippen molar-refractivity contribution in [3.8, 4) is 17.2 Å². The molecule has 1 aliphatic rings. The van der Waals surface area contributed by atoms with Gasteiger partial charge >= 0.3 is 0 Å². The van der Waals surface area contributed by atoms with Crippen LogP contribution in [0.5, 0.6) is 17.2 Å². The summed E-state index contributed by atoms with van der Waals surface area (Å²) in [5.74, 6) is -0.972. The van der Waals surface area contributed by atoms with Gasteiger partial charge in [-0.2, -0.15) is 0 Å². The zero-order chi connectivity index (χ0) is 25.4. The van der Waals surface area contributed by atoms with Gasteiger partial charge in [0, 0.05) is 30.5 Å². The summed E-state index contributed by atoms with van der Waals surface area (Å²) in [4.78, 5) is 30.1. The van der Waals surface area contributed by atoms with Crippen LogP contribution in [0.25, 0.3) is 10.9 Å². The fourth-order valence-electron chi connectivity index (χ4n) is 4.36. The zero-order valence-electron chi connectivity index (χ0n) is 19.6. The number of carbonyl (C=O) groups is 2. The number of halogens is 2. The molecule has 3 aromatic carbocycles. The number of rotatable bonds is 8. The van der Waals surface area contributed by atoms with Crippen LogP contribution in [0, 0.1) is 24.0 Å². The average Bonchev–Trinajstić information content (AvgIpc) is 3.66. The minimum Gasteiger partial charge on any atom is -0.508 e. The van der Waals surface area contributed by atoms with Gasteiger partial charge in [0.2, 0.25) is 0 Å². The van der Waals surface area contributed by atoms with E-state index in [4.69, 9.17) is 4.74 Å². The number of phenolic OH excluding ortho intramolecular Hbond substituents is 1. The number of carbonyl (C=O) groups excluding carboxylic acids is 2. The number of benzene rings is 3. The van der Waals surface area contributed by atoms with E-state index in [1.54, 1.807) is 25.1 Å². The second-order valence-corrected chi connectivity index (χ2v) is 9.24. The Morgan fingerprint density at radius 3 is 2.25 bits per heavy atom. The lowest BCUT2D eigenvalue weighted by Crippen LogP contribution is -2.28. The number of hydrogen-bond acceptors (Lipinski definition) is 5. The van der Waals surface area contributed by atoms with Crippen LogP contribution in [0.2, 0.25) is 0 Å². The first-order valence-corrected chi connectivity index (χ1v) is 11.6. The van der Waals surface area contributed by atoms with Crippen LogP contribution in [-0.2, 0) is 22.4 Å². The van der Waals surface area contributed by atoms with Gasteiger partial charge < -0.3 is 9.84 Å². The third-order valence-electron chi connectivity index (χ3n) is 6.70. The van der Waals surface area contributed by atoms with E-state index in [2.05, 4.69) is 4.98 Å². The van der Waals surface area contributed by atoms with Crippen molar-refractivity contribution in [1.82, 2.24) is 4.98 Å². The number of ketones is 2. The van der Waals surface area contributed by atoms with E-state index in [0.717, 1.165) is 0 Å². The third-order valence-corrected chi connectivity index (χ3v) is 6.70. The number of phenols is 1. The lowest BCUT2D eigenvalue weighted by Gasteiger charge is -2.14. The molecule has 4 aromatic rings. The average molecular weight is 488 g/mol. The van der Waals surface area contributed by atoms with E-state index in [9.17, 15) is 23.5 Å². The van der Waals surface area contributed by atoms with Gasteiger partial charge in [-0.3, -0.25) is 14.6 Å². The number of fused-ring (bicyclic) bond motifs is 1. The second kappa shape index (κ2) is 9.15. The summed E-state index contributed by atoms with van der Waals surface area (Å²) < 4.78 is 33.9. The van der Waals surface area contributed by atoms with E-state index in [1.165, 1.54) is 48.7 Å². The summed E-state index contributed by atoms with van der Waals surface area (Å²) in [7, 11) is 0. The van der Waals surface area contributed by atoms with E-state index in [0.29, 0.717) is 46.2 Å². The maximum Gasteiger partial charge on any atom is 0.166 e. The number of hydrogen-bond donors (Lipinski definition) is 1. The lowest BCUT2D eigenvalue weighted by atomic mass is 9.88. The number of aromatic hydroxyl groups is 1. The van der Waals surface area contributed by atoms with Gasteiger partial charge in [0.1, 0.15) is 17.3 Å². The molecule has 182 valence electrons. The molecule has 0 saturated heterocycles. The summed E-state index contributed by atoms with van der Waals surface area (Å²) in [5, 5.41) is 10.5. The highest BCUT2D eigenvalue weighted by atomic mass is 19.1. The van der Waals surface area contributed by atoms with Crippen molar-refractivity contribution in [2.24, 2.45) is 5.41 Å². The van der Waals surface area contributed by atoms with Gasteiger partial charge in [0.15, 0.2) is 23.1 Å². The molecule has 5 rings (SSSR count). The highest BCUT2D eigenvalue weighted by molar-refractivity contribution is 6.10. The Kier molecular flexibility index (Phi) is 6.00. The number of Topliss-reactive ketones (excluding diaryl/α,β-unsaturated/α-hetero) is 2. The molecule has 0 unspecified atom stereocenters. The largest absolute Gasteiger partial charge is 0.508 e. The van der Waals surface area contributed by atoms with Crippen molar-refractivity contribution < 1.29 is 28.2 Å². The quantitative estimate of drug-likeness (QED) is 0.308. The first-order valence-electron chi connectivity index (χ1n) is 11.6. The van der Waals surface area contributed by atoms with Crippen molar-refractivity contribution in [3.63, 3.8) is 0 Å². The normalized spacial score (nSPS) is 14.0. The summed E-state index contributed by atoms with van der Waals surface area (Å²) in [5.41, 5.74) is 1.21. The van der Waals surface area contributed by atoms with E-state index < -0.39 is 11.2 Å². The smallest absolute Gasteiger partial charge is 0.166 e. The Bertz CT molecular complexity index is 1490. The molecule has 0 aliphatic heterocycles. The highest BCUT2D eigenvalue weighted by Crippen LogP contribution is 2.49. The molecule has 7 heteroatoms. The van der Waals surface area contributed by atoms with Crippen molar-refractivity contribution >= 4 is 22.5 Å². The number of ether oxygens (including phenoxy) is 1. The summed E-state index contributed by atoms with van der Waals surface area (Å²) >= 11 is 0. The molecule has 5 nitrogen and oxygen atoms in total. The Morgan fingerprint density at radius 1 is 0.917 bits per heavy atom. The van der Waals surface area contributed by atoms with Crippen LogP contribution in [0.4, 0.5) is 8.78 Å². The van der Waals surface area contributed by atoms with Gasteiger partial charge in [0.05, 0.1) is 10.9 Å². The predicted molar refractivity (Wildman–Crippen MR) is 130 cm³/mol. The lowest BCUT2D eigenvalue weighted by molar-refractivity contribution is -0.133. The number of nitrogens with zero attached hydrogens (tertiary/aromatic N) is 1. The molecule has 1 aromatic heterocycles. The Balaban J connectivity index is 1.30. The standard InChI is InChI=1S/C29H23F2NO4/c1-17-12-21-23(16-24(17)33)32-11-8-25(21)36-26-7-4-19(13-22(26)31)15-28(35)29(9-10-29)27(34)14-18-2-5-20(30)6-3-18/h2-8,11-13,16,33H,9-10,14-15H2,1H3. The third kappa shape index (κ3) is 4.56. The molecule has 0 spiro atoms. The van der Waals surface area contributed by atoms with Crippen LogP contribution < -0.4 is 4.74 Å². The molecule has 1 saturated carbocycles. The molecule has 1 N–H and O–H groups in total. The van der Waals surface area contributed by atoms with Crippen molar-refractivity contribution in [2.45, 2.75) is 32.6 Å². The van der Waals surface area contributed by atoms with E-state index in [-0.39, 0.29) is 41.7 Å². The van der Waals surface area contributed by atoms with Crippen LogP contribution in [-0.4, -0.2) is 21.7 Å². The van der Waals surface area contributed by atoms with Crippen molar-refractivity contribution in [2.75, 3.05) is 0 Å². The van der Waals surface area contributed by atoms with Gasteiger partial charge in [-0.15, -0.1) is 0 Å². The Hall–Kier alpha value is -4.13. The maximum absolute atomic E-state index is 14.9. The van der Waals surface area contributed by atoms with Gasteiger partial charge in [-0.05, 0) is 72.9 Å². The van der Waals surface area contributed by atoms with Crippen LogP contribution in [0.3, 0.4) is 0 Å². The molecule has 0 radical (unpaired) electrons. The topological polar surface area (TPSA) is 76.5 Å². The van der Waals surface area contributed by atoms with Crippen molar-refractivity contribution in [1.29, 1.82) is 0 Å². The van der Waals surface area contributed by atoms with Gasteiger partial charge in [-0.25, -0.2) is 8.78 Å². The molecule has 1 heterocycles. The molecule has 0 amide bonds. The first-order chi connectivity index (χ1) is 17.2.